The van der Waals surface area contributed by atoms with Gasteiger partial charge >= 0.3 is 0 Å². The Morgan fingerprint density at radius 3 is 2.52 bits per heavy atom. The Balaban J connectivity index is 1.60. The van der Waals surface area contributed by atoms with Gasteiger partial charge in [-0.05, 0) is 53.9 Å². The number of anilines is 1. The van der Waals surface area contributed by atoms with E-state index in [4.69, 9.17) is 12.2 Å². The molecule has 0 saturated carbocycles. The molecule has 3 rings (SSSR count). The van der Waals surface area contributed by atoms with Crippen LogP contribution in [0.5, 0.6) is 0 Å². The van der Waals surface area contributed by atoms with E-state index in [9.17, 15) is 9.59 Å². The number of amides is 2. The van der Waals surface area contributed by atoms with Gasteiger partial charge in [-0.15, -0.1) is 11.3 Å². The van der Waals surface area contributed by atoms with Gasteiger partial charge in [0.05, 0.1) is 11.3 Å². The summed E-state index contributed by atoms with van der Waals surface area (Å²) in [7, 11) is 1.72. The van der Waals surface area contributed by atoms with Crippen molar-refractivity contribution in [3.8, 4) is 0 Å². The summed E-state index contributed by atoms with van der Waals surface area (Å²) in [4.78, 5) is 27.6. The van der Waals surface area contributed by atoms with E-state index in [0.29, 0.717) is 17.8 Å². The zero-order valence-electron chi connectivity index (χ0n) is 17.1. The lowest BCUT2D eigenvalue weighted by atomic mass is 10.1. The number of rotatable bonds is 7. The lowest BCUT2D eigenvalue weighted by Crippen LogP contribution is -2.41. The van der Waals surface area contributed by atoms with Gasteiger partial charge in [0.1, 0.15) is 0 Å². The van der Waals surface area contributed by atoms with Crippen LogP contribution in [0.2, 0.25) is 0 Å². The molecule has 0 unspecified atom stereocenters. The number of para-hydroxylation sites is 1. The third kappa shape index (κ3) is 6.60. The van der Waals surface area contributed by atoms with Crippen LogP contribution >= 0.6 is 23.6 Å². The van der Waals surface area contributed by atoms with Crippen LogP contribution in [-0.4, -0.2) is 30.5 Å². The van der Waals surface area contributed by atoms with Gasteiger partial charge < -0.3 is 10.2 Å². The lowest BCUT2D eigenvalue weighted by Gasteiger charge is -2.22. The van der Waals surface area contributed by atoms with Crippen molar-refractivity contribution in [2.24, 2.45) is 0 Å². The normalized spacial score (nSPS) is 10.6. The van der Waals surface area contributed by atoms with Crippen LogP contribution in [0.3, 0.4) is 0 Å². The fourth-order valence-electron chi connectivity index (χ4n) is 2.90. The molecule has 2 amide bonds. The van der Waals surface area contributed by atoms with Crippen molar-refractivity contribution in [2.75, 3.05) is 18.5 Å². The number of thiophene rings is 1. The summed E-state index contributed by atoms with van der Waals surface area (Å²) in [6.07, 6.45) is 3.92. The van der Waals surface area contributed by atoms with E-state index in [2.05, 4.69) is 10.6 Å². The Morgan fingerprint density at radius 1 is 1.03 bits per heavy atom. The summed E-state index contributed by atoms with van der Waals surface area (Å²) in [5, 5.41) is 7.78. The minimum absolute atomic E-state index is 0.190. The van der Waals surface area contributed by atoms with E-state index in [1.165, 1.54) is 6.08 Å². The number of nitrogens with one attached hydrogen (secondary N) is 2. The number of hydrogen-bond acceptors (Lipinski definition) is 4. The molecule has 0 aliphatic rings. The van der Waals surface area contributed by atoms with Gasteiger partial charge in [0.25, 0.3) is 5.91 Å². The Hall–Kier alpha value is -3.29. The minimum Gasteiger partial charge on any atom is -0.352 e. The average Bonchev–Trinajstić information content (AvgIpc) is 3.31. The molecule has 0 bridgehead atoms. The van der Waals surface area contributed by atoms with Crippen LogP contribution in [-0.2, 0) is 11.2 Å². The maximum atomic E-state index is 12.8. The monoisotopic (exact) mass is 449 g/mol. The molecule has 0 radical (unpaired) electrons. The molecule has 0 spiro atoms. The molecular formula is C24H23N3O2S2. The van der Waals surface area contributed by atoms with Crippen LogP contribution in [0.4, 0.5) is 5.69 Å². The van der Waals surface area contributed by atoms with Gasteiger partial charge in [0.2, 0.25) is 5.91 Å². The first-order valence-corrected chi connectivity index (χ1v) is 11.0. The topological polar surface area (TPSA) is 61.4 Å². The van der Waals surface area contributed by atoms with E-state index in [1.807, 2.05) is 53.9 Å². The molecule has 0 saturated heterocycles. The maximum absolute atomic E-state index is 12.8. The molecule has 0 aliphatic carbocycles. The minimum atomic E-state index is -0.324. The molecule has 2 aromatic carbocycles. The Labute approximate surface area is 191 Å². The van der Waals surface area contributed by atoms with Crippen molar-refractivity contribution in [1.29, 1.82) is 0 Å². The first-order valence-electron chi connectivity index (χ1n) is 9.76. The Bertz CT molecular complexity index is 1060. The molecule has 5 nitrogen and oxygen atoms in total. The summed E-state index contributed by atoms with van der Waals surface area (Å²) < 4.78 is 0. The van der Waals surface area contributed by atoms with Crippen molar-refractivity contribution in [3.05, 3.63) is 94.2 Å². The molecule has 0 fully saturated rings. The van der Waals surface area contributed by atoms with Crippen LogP contribution in [0.25, 0.3) is 6.08 Å². The molecule has 1 heterocycles. The average molecular weight is 450 g/mol. The number of carbonyl (C=O) groups excluding carboxylic acids is 2. The lowest BCUT2D eigenvalue weighted by molar-refractivity contribution is -0.115. The van der Waals surface area contributed by atoms with Crippen LogP contribution in [0.15, 0.2) is 78.2 Å². The second-order valence-corrected chi connectivity index (χ2v) is 8.08. The summed E-state index contributed by atoms with van der Waals surface area (Å²) in [5.74, 6) is -0.514. The number of thiocarbonyl (C=S) groups is 1. The van der Waals surface area contributed by atoms with Crippen LogP contribution in [0.1, 0.15) is 20.8 Å². The standard InChI is InChI=1S/C24H23N3O2S2/c1-27(24(30)26-22(28)14-13-19-10-7-17-31-19)21-12-6-5-11-20(21)23(29)25-16-15-18-8-3-2-4-9-18/h2-14,17H,15-16H2,1H3,(H,25,29)(H,26,28,30)/b14-13+. The maximum Gasteiger partial charge on any atom is 0.253 e. The Kier molecular flexibility index (Phi) is 8.09. The third-order valence-electron chi connectivity index (χ3n) is 4.53. The third-order valence-corrected chi connectivity index (χ3v) is 5.74. The summed E-state index contributed by atoms with van der Waals surface area (Å²) in [6.45, 7) is 0.523. The molecular weight excluding hydrogens is 426 g/mol. The molecule has 7 heteroatoms. The molecule has 1 aromatic heterocycles. The molecule has 3 aromatic rings. The van der Waals surface area contributed by atoms with Gasteiger partial charge in [-0.1, -0.05) is 48.5 Å². The second kappa shape index (κ2) is 11.2. The van der Waals surface area contributed by atoms with Crippen molar-refractivity contribution >= 4 is 52.2 Å². The summed E-state index contributed by atoms with van der Waals surface area (Å²) in [6, 6.07) is 21.0. The summed E-state index contributed by atoms with van der Waals surface area (Å²) >= 11 is 6.92. The highest BCUT2D eigenvalue weighted by Crippen LogP contribution is 2.19. The predicted octanol–water partition coefficient (Wildman–Crippen LogP) is 4.27. The fourth-order valence-corrected chi connectivity index (χ4v) is 3.72. The molecule has 31 heavy (non-hydrogen) atoms. The van der Waals surface area contributed by atoms with Gasteiger partial charge in [-0.2, -0.15) is 0 Å². The fraction of sp³-hybridized carbons (Fsp3) is 0.125. The van der Waals surface area contributed by atoms with Gasteiger partial charge in [-0.25, -0.2) is 0 Å². The van der Waals surface area contributed by atoms with Crippen LogP contribution < -0.4 is 15.5 Å². The van der Waals surface area contributed by atoms with Gasteiger partial charge in [-0.3, -0.25) is 14.9 Å². The second-order valence-electron chi connectivity index (χ2n) is 6.71. The number of hydrogen-bond donors (Lipinski definition) is 2. The first-order chi connectivity index (χ1) is 15.0. The van der Waals surface area contributed by atoms with Crippen molar-refractivity contribution in [3.63, 3.8) is 0 Å². The highest BCUT2D eigenvalue weighted by atomic mass is 32.1. The quantitative estimate of drug-likeness (QED) is 0.418. The number of benzene rings is 2. The molecule has 0 atom stereocenters. The smallest absolute Gasteiger partial charge is 0.253 e. The van der Waals surface area contributed by atoms with E-state index in [-0.39, 0.29) is 16.9 Å². The number of carbonyl (C=O) groups is 2. The number of nitrogens with zero attached hydrogens (tertiary/aromatic N) is 1. The van der Waals surface area contributed by atoms with E-state index < -0.39 is 0 Å². The molecule has 158 valence electrons. The largest absolute Gasteiger partial charge is 0.352 e. The molecule has 2 N–H and O–H groups in total. The van der Waals surface area contributed by atoms with E-state index >= 15 is 0 Å². The van der Waals surface area contributed by atoms with E-state index in [0.717, 1.165) is 16.9 Å². The zero-order valence-corrected chi connectivity index (χ0v) is 18.7. The first kappa shape index (κ1) is 22.4. The SMILES string of the molecule is CN(C(=S)NC(=O)/C=C/c1cccs1)c1ccccc1C(=O)NCCc1ccccc1. The summed E-state index contributed by atoms with van der Waals surface area (Å²) in [5.41, 5.74) is 2.27. The van der Waals surface area contributed by atoms with Crippen LogP contribution in [0, 0.1) is 0 Å². The zero-order chi connectivity index (χ0) is 22.1. The van der Waals surface area contributed by atoms with E-state index in [1.54, 1.807) is 47.6 Å². The van der Waals surface area contributed by atoms with Crippen molar-refractivity contribution in [2.45, 2.75) is 6.42 Å². The highest BCUT2D eigenvalue weighted by Gasteiger charge is 2.17. The van der Waals surface area contributed by atoms with Crippen molar-refractivity contribution < 1.29 is 9.59 Å². The van der Waals surface area contributed by atoms with Crippen molar-refractivity contribution in [1.82, 2.24) is 10.6 Å². The molecule has 0 aliphatic heterocycles. The Morgan fingerprint density at radius 2 is 1.77 bits per heavy atom. The highest BCUT2D eigenvalue weighted by molar-refractivity contribution is 7.80. The van der Waals surface area contributed by atoms with Gasteiger partial charge in [0.15, 0.2) is 5.11 Å². The predicted molar refractivity (Wildman–Crippen MR) is 131 cm³/mol. The van der Waals surface area contributed by atoms with Gasteiger partial charge in [0, 0.05) is 24.5 Å².